The van der Waals surface area contributed by atoms with Crippen molar-refractivity contribution in [1.29, 1.82) is 0 Å². The number of fused-ring (bicyclic) bond motifs is 1. The lowest BCUT2D eigenvalue weighted by atomic mass is 10.1. The zero-order chi connectivity index (χ0) is 14.5. The highest BCUT2D eigenvalue weighted by atomic mass is 16.5. The number of carboxylic acids is 1. The largest absolute Gasteiger partial charge is 0.497 e. The minimum atomic E-state index is -1.19. The van der Waals surface area contributed by atoms with Crippen molar-refractivity contribution >= 4 is 28.5 Å². The Hall–Kier alpha value is -2.89. The second-order valence-electron chi connectivity index (χ2n) is 3.91. The van der Waals surface area contributed by atoms with Gasteiger partial charge in [-0.25, -0.2) is 4.79 Å². The Morgan fingerprint density at radius 2 is 2.15 bits per heavy atom. The molecule has 0 aliphatic rings. The first kappa shape index (κ1) is 13.5. The number of nitrogens with one attached hydrogen (secondary N) is 1. The molecule has 0 fully saturated rings. The zero-order valence-corrected chi connectivity index (χ0v) is 10.7. The Morgan fingerprint density at radius 3 is 2.85 bits per heavy atom. The maximum atomic E-state index is 11.6. The molecule has 2 aromatic rings. The highest BCUT2D eigenvalue weighted by Gasteiger charge is 2.07. The zero-order valence-electron chi connectivity index (χ0n) is 10.7. The maximum Gasteiger partial charge on any atom is 0.328 e. The highest BCUT2D eigenvalue weighted by Crippen LogP contribution is 2.27. The van der Waals surface area contributed by atoms with Crippen molar-refractivity contribution in [2.24, 2.45) is 0 Å². The lowest BCUT2D eigenvalue weighted by molar-refractivity contribution is -0.131. The molecular weight excluding hydrogens is 260 g/mol. The van der Waals surface area contributed by atoms with E-state index in [1.807, 2.05) is 6.07 Å². The number of methoxy groups -OCH3 is 1. The summed E-state index contributed by atoms with van der Waals surface area (Å²) in [5, 5.41) is 11.9. The molecule has 0 saturated heterocycles. The number of nitrogens with zero attached hydrogens (tertiary/aromatic N) is 1. The van der Waals surface area contributed by atoms with Crippen molar-refractivity contribution < 1.29 is 19.4 Å². The molecule has 0 unspecified atom stereocenters. The number of amides is 1. The van der Waals surface area contributed by atoms with E-state index < -0.39 is 11.9 Å². The number of carbonyl (C=O) groups is 2. The number of aliphatic carboxylic acids is 1. The van der Waals surface area contributed by atoms with Crippen molar-refractivity contribution in [2.75, 3.05) is 12.4 Å². The number of aromatic nitrogens is 1. The third-order valence-corrected chi connectivity index (χ3v) is 2.55. The van der Waals surface area contributed by atoms with Gasteiger partial charge in [0.1, 0.15) is 5.75 Å². The van der Waals surface area contributed by atoms with Gasteiger partial charge in [-0.15, -0.1) is 0 Å². The average molecular weight is 272 g/mol. The summed E-state index contributed by atoms with van der Waals surface area (Å²) in [5.74, 6) is -1.16. The fourth-order valence-corrected chi connectivity index (χ4v) is 1.70. The Kier molecular flexibility index (Phi) is 3.95. The average Bonchev–Trinajstić information content (AvgIpc) is 2.45. The topological polar surface area (TPSA) is 88.5 Å². The molecule has 0 atom stereocenters. The summed E-state index contributed by atoms with van der Waals surface area (Å²) in [5.41, 5.74) is 1.06. The van der Waals surface area contributed by atoms with Crippen molar-refractivity contribution in [3.8, 4) is 5.75 Å². The van der Waals surface area contributed by atoms with Gasteiger partial charge in [0, 0.05) is 29.8 Å². The van der Waals surface area contributed by atoms with E-state index in [0.29, 0.717) is 17.0 Å². The molecule has 0 radical (unpaired) electrons. The first-order valence-corrected chi connectivity index (χ1v) is 5.75. The molecule has 0 aliphatic carbocycles. The van der Waals surface area contributed by atoms with Gasteiger partial charge in [-0.3, -0.25) is 9.78 Å². The van der Waals surface area contributed by atoms with E-state index in [0.717, 1.165) is 17.5 Å². The Morgan fingerprint density at radius 1 is 1.35 bits per heavy atom. The van der Waals surface area contributed by atoms with E-state index in [2.05, 4.69) is 10.3 Å². The standard InChI is InChI=1S/C14H12N2O4/c1-20-10-7-9-3-2-6-15-14(9)11(8-10)16-12(17)4-5-13(18)19/h2-8H,1H3,(H,16,17)(H,18,19)/b5-4+. The van der Waals surface area contributed by atoms with E-state index in [1.165, 1.54) is 7.11 Å². The van der Waals surface area contributed by atoms with Crippen molar-refractivity contribution in [3.63, 3.8) is 0 Å². The molecule has 20 heavy (non-hydrogen) atoms. The van der Waals surface area contributed by atoms with Crippen molar-refractivity contribution in [2.45, 2.75) is 0 Å². The molecule has 0 aliphatic heterocycles. The van der Waals surface area contributed by atoms with E-state index >= 15 is 0 Å². The smallest absolute Gasteiger partial charge is 0.328 e. The van der Waals surface area contributed by atoms with Crippen molar-refractivity contribution in [1.82, 2.24) is 4.98 Å². The van der Waals surface area contributed by atoms with Crippen LogP contribution in [0.2, 0.25) is 0 Å². The lowest BCUT2D eigenvalue weighted by Gasteiger charge is -2.09. The summed E-state index contributed by atoms with van der Waals surface area (Å²) in [6.45, 7) is 0. The predicted molar refractivity (Wildman–Crippen MR) is 73.7 cm³/mol. The number of carbonyl (C=O) groups excluding carboxylic acids is 1. The molecule has 0 bridgehead atoms. The first-order chi connectivity index (χ1) is 9.60. The summed E-state index contributed by atoms with van der Waals surface area (Å²) in [6.07, 6.45) is 3.32. The minimum Gasteiger partial charge on any atom is -0.497 e. The predicted octanol–water partition coefficient (Wildman–Crippen LogP) is 1.82. The number of hydrogen-bond donors (Lipinski definition) is 2. The SMILES string of the molecule is COc1cc(NC(=O)/C=C/C(=O)O)c2ncccc2c1. The summed E-state index contributed by atoms with van der Waals surface area (Å²) < 4.78 is 5.15. The van der Waals surface area contributed by atoms with Crippen LogP contribution in [-0.2, 0) is 9.59 Å². The molecule has 2 N–H and O–H groups in total. The van der Waals surface area contributed by atoms with Crippen LogP contribution in [-0.4, -0.2) is 29.1 Å². The number of ether oxygens (including phenoxy) is 1. The van der Waals surface area contributed by atoms with Crippen LogP contribution in [0.5, 0.6) is 5.75 Å². The van der Waals surface area contributed by atoms with Crippen LogP contribution < -0.4 is 10.1 Å². The fraction of sp³-hybridized carbons (Fsp3) is 0.0714. The van der Waals surface area contributed by atoms with Crippen LogP contribution in [0.4, 0.5) is 5.69 Å². The molecule has 1 amide bonds. The third kappa shape index (κ3) is 3.11. The molecule has 0 saturated carbocycles. The van der Waals surface area contributed by atoms with Crippen LogP contribution in [0, 0.1) is 0 Å². The van der Waals surface area contributed by atoms with Crippen LogP contribution in [0.1, 0.15) is 0 Å². The van der Waals surface area contributed by atoms with Gasteiger partial charge in [-0.05, 0) is 12.1 Å². The summed E-state index contributed by atoms with van der Waals surface area (Å²) >= 11 is 0. The van der Waals surface area contributed by atoms with Crippen LogP contribution in [0.25, 0.3) is 10.9 Å². The Labute approximate surface area is 114 Å². The molecule has 1 heterocycles. The second-order valence-corrected chi connectivity index (χ2v) is 3.91. The van der Waals surface area contributed by atoms with Crippen LogP contribution in [0.15, 0.2) is 42.6 Å². The van der Waals surface area contributed by atoms with Gasteiger partial charge in [-0.2, -0.15) is 0 Å². The lowest BCUT2D eigenvalue weighted by Crippen LogP contribution is -2.09. The second kappa shape index (κ2) is 5.83. The molecule has 1 aromatic heterocycles. The van der Waals surface area contributed by atoms with E-state index in [1.54, 1.807) is 24.4 Å². The van der Waals surface area contributed by atoms with Gasteiger partial charge in [0.25, 0.3) is 0 Å². The number of anilines is 1. The van der Waals surface area contributed by atoms with Crippen molar-refractivity contribution in [3.05, 3.63) is 42.6 Å². The number of benzene rings is 1. The highest BCUT2D eigenvalue weighted by molar-refractivity contribution is 6.06. The summed E-state index contributed by atoms with van der Waals surface area (Å²) in [7, 11) is 1.52. The number of carboxylic acid groups (broad SMARTS) is 1. The normalized spacial score (nSPS) is 10.7. The number of pyridine rings is 1. The molecule has 102 valence electrons. The van der Waals surface area contributed by atoms with Gasteiger partial charge in [-0.1, -0.05) is 6.07 Å². The van der Waals surface area contributed by atoms with Gasteiger partial charge in [0.05, 0.1) is 18.3 Å². The van der Waals surface area contributed by atoms with Gasteiger partial charge in [0.2, 0.25) is 5.91 Å². The quantitative estimate of drug-likeness (QED) is 0.829. The summed E-state index contributed by atoms with van der Waals surface area (Å²) in [4.78, 5) is 26.2. The van der Waals surface area contributed by atoms with E-state index in [4.69, 9.17) is 9.84 Å². The Balaban J connectivity index is 2.37. The molecule has 0 spiro atoms. The van der Waals surface area contributed by atoms with Crippen LogP contribution in [0.3, 0.4) is 0 Å². The molecule has 1 aromatic carbocycles. The van der Waals surface area contributed by atoms with E-state index in [-0.39, 0.29) is 0 Å². The number of hydrogen-bond acceptors (Lipinski definition) is 4. The van der Waals surface area contributed by atoms with Gasteiger partial charge in [0.15, 0.2) is 0 Å². The maximum absolute atomic E-state index is 11.6. The Bertz CT molecular complexity index is 695. The third-order valence-electron chi connectivity index (χ3n) is 2.55. The molecule has 6 heteroatoms. The summed E-state index contributed by atoms with van der Waals surface area (Å²) in [6, 6.07) is 7.04. The molecular formula is C14H12N2O4. The molecule has 2 rings (SSSR count). The fourth-order valence-electron chi connectivity index (χ4n) is 1.70. The van der Waals surface area contributed by atoms with Gasteiger partial charge >= 0.3 is 5.97 Å². The molecule has 6 nitrogen and oxygen atoms in total. The van der Waals surface area contributed by atoms with E-state index in [9.17, 15) is 9.59 Å². The first-order valence-electron chi connectivity index (χ1n) is 5.75. The number of rotatable bonds is 4. The van der Waals surface area contributed by atoms with Crippen LogP contribution >= 0.6 is 0 Å². The minimum absolute atomic E-state index is 0.458. The van der Waals surface area contributed by atoms with Gasteiger partial charge < -0.3 is 15.2 Å². The monoisotopic (exact) mass is 272 g/mol.